The fourth-order valence-electron chi connectivity index (χ4n) is 3.97. The zero-order chi connectivity index (χ0) is 28.7. The molecule has 7 nitrogen and oxygen atoms in total. The molecule has 0 aliphatic heterocycles. The molecule has 39 heavy (non-hydrogen) atoms. The molecule has 10 heteroatoms. The van der Waals surface area contributed by atoms with Crippen molar-refractivity contribution in [1.29, 1.82) is 0 Å². The lowest BCUT2D eigenvalue weighted by molar-refractivity contribution is -0.139. The molecule has 0 saturated carbocycles. The molecule has 2 atom stereocenters. The van der Waals surface area contributed by atoms with Crippen LogP contribution in [0.25, 0.3) is 0 Å². The van der Waals surface area contributed by atoms with E-state index < -0.39 is 28.5 Å². The zero-order valence-corrected chi connectivity index (χ0v) is 24.7. The number of aryl methyl sites for hydroxylation is 1. The number of sulfonamides is 1. The van der Waals surface area contributed by atoms with Gasteiger partial charge in [0.05, 0.1) is 10.6 Å². The van der Waals surface area contributed by atoms with E-state index >= 15 is 0 Å². The van der Waals surface area contributed by atoms with Crippen molar-refractivity contribution in [3.63, 3.8) is 0 Å². The molecule has 0 aliphatic rings. The van der Waals surface area contributed by atoms with Gasteiger partial charge in [0.25, 0.3) is 10.0 Å². The Morgan fingerprint density at radius 3 is 2.21 bits per heavy atom. The fraction of sp³-hybridized carbons (Fsp3) is 0.310. The summed E-state index contributed by atoms with van der Waals surface area (Å²) in [5, 5.41) is 3.79. The second-order valence-corrected chi connectivity index (χ2v) is 12.1. The van der Waals surface area contributed by atoms with Crippen molar-refractivity contribution in [2.45, 2.75) is 57.6 Å². The van der Waals surface area contributed by atoms with Crippen molar-refractivity contribution in [1.82, 2.24) is 10.2 Å². The minimum atomic E-state index is -4.16. The fourth-order valence-corrected chi connectivity index (χ4v) is 5.79. The second kappa shape index (κ2) is 13.3. The van der Waals surface area contributed by atoms with E-state index in [2.05, 4.69) is 5.32 Å². The lowest BCUT2D eigenvalue weighted by Gasteiger charge is -2.33. The van der Waals surface area contributed by atoms with Crippen LogP contribution in [0.3, 0.4) is 0 Å². The summed E-state index contributed by atoms with van der Waals surface area (Å²) < 4.78 is 28.8. The number of para-hydroxylation sites is 1. The van der Waals surface area contributed by atoms with Crippen LogP contribution >= 0.6 is 23.2 Å². The number of amides is 2. The van der Waals surface area contributed by atoms with Gasteiger partial charge >= 0.3 is 0 Å². The standard InChI is InChI=1S/C29H33Cl2N3O4S/c1-5-21(3)32-29(36)22(4)33(18-23-10-8-11-25(31)17-23)28(35)19-34(27-12-7-6-9-20(27)2)39(37,38)26-15-13-24(30)14-16-26/h6-17,21-22H,5,18-19H2,1-4H3,(H,32,36)/t21-,22+/m0/s1. The normalized spacial score (nSPS) is 12.9. The summed E-state index contributed by atoms with van der Waals surface area (Å²) in [4.78, 5) is 28.4. The Hall–Kier alpha value is -3.07. The summed E-state index contributed by atoms with van der Waals surface area (Å²) in [6, 6.07) is 18.7. The Morgan fingerprint density at radius 2 is 1.59 bits per heavy atom. The minimum Gasteiger partial charge on any atom is -0.352 e. The Kier molecular flexibility index (Phi) is 10.4. The van der Waals surface area contributed by atoms with Gasteiger partial charge in [-0.05, 0) is 80.8 Å². The number of nitrogens with zero attached hydrogens (tertiary/aromatic N) is 2. The molecular weight excluding hydrogens is 557 g/mol. The Balaban J connectivity index is 2.04. The van der Waals surface area contributed by atoms with Crippen molar-refractivity contribution in [2.24, 2.45) is 0 Å². The molecule has 3 rings (SSSR count). The monoisotopic (exact) mass is 589 g/mol. The number of carbonyl (C=O) groups excluding carboxylic acids is 2. The highest BCUT2D eigenvalue weighted by molar-refractivity contribution is 7.92. The first kappa shape index (κ1) is 30.5. The van der Waals surface area contributed by atoms with Gasteiger partial charge < -0.3 is 10.2 Å². The van der Waals surface area contributed by atoms with Crippen molar-refractivity contribution in [3.8, 4) is 0 Å². The van der Waals surface area contributed by atoms with Crippen molar-refractivity contribution in [2.75, 3.05) is 10.8 Å². The number of rotatable bonds is 11. The summed E-state index contributed by atoms with van der Waals surface area (Å²) in [6.45, 7) is 6.79. The highest BCUT2D eigenvalue weighted by Crippen LogP contribution is 2.28. The first-order chi connectivity index (χ1) is 18.4. The number of carbonyl (C=O) groups is 2. The number of hydrogen-bond acceptors (Lipinski definition) is 4. The number of anilines is 1. The molecule has 3 aromatic carbocycles. The quantitative estimate of drug-likeness (QED) is 0.305. The van der Waals surface area contributed by atoms with Gasteiger partial charge in [-0.25, -0.2) is 8.42 Å². The molecule has 0 saturated heterocycles. The van der Waals surface area contributed by atoms with Crippen LogP contribution in [0.1, 0.15) is 38.3 Å². The van der Waals surface area contributed by atoms with Crippen LogP contribution in [0.2, 0.25) is 10.0 Å². The zero-order valence-electron chi connectivity index (χ0n) is 22.4. The van der Waals surface area contributed by atoms with Gasteiger partial charge in [-0.2, -0.15) is 0 Å². The third kappa shape index (κ3) is 7.75. The number of halogens is 2. The third-order valence-corrected chi connectivity index (χ3v) is 8.74. The molecule has 0 aliphatic carbocycles. The Bertz CT molecular complexity index is 1410. The van der Waals surface area contributed by atoms with E-state index in [1.807, 2.05) is 13.8 Å². The molecule has 3 aromatic rings. The van der Waals surface area contributed by atoms with E-state index in [-0.39, 0.29) is 23.4 Å². The van der Waals surface area contributed by atoms with Crippen LogP contribution in [-0.2, 0) is 26.2 Å². The van der Waals surface area contributed by atoms with Gasteiger partial charge in [0, 0.05) is 22.6 Å². The predicted molar refractivity (Wildman–Crippen MR) is 157 cm³/mol. The molecule has 0 fully saturated rings. The van der Waals surface area contributed by atoms with Crippen LogP contribution in [0.4, 0.5) is 5.69 Å². The summed E-state index contributed by atoms with van der Waals surface area (Å²) in [6.07, 6.45) is 0.723. The van der Waals surface area contributed by atoms with Crippen LogP contribution < -0.4 is 9.62 Å². The molecule has 208 valence electrons. The van der Waals surface area contributed by atoms with Gasteiger partial charge in [-0.1, -0.05) is 60.5 Å². The lowest BCUT2D eigenvalue weighted by atomic mass is 10.1. The lowest BCUT2D eigenvalue weighted by Crippen LogP contribution is -2.52. The summed E-state index contributed by atoms with van der Waals surface area (Å²) in [5.41, 5.74) is 1.74. The third-order valence-electron chi connectivity index (χ3n) is 6.47. The second-order valence-electron chi connectivity index (χ2n) is 9.40. The average Bonchev–Trinajstić information content (AvgIpc) is 2.90. The summed E-state index contributed by atoms with van der Waals surface area (Å²) in [5.74, 6) is -0.870. The Morgan fingerprint density at radius 1 is 0.923 bits per heavy atom. The van der Waals surface area contributed by atoms with E-state index in [0.717, 1.165) is 10.7 Å². The maximum absolute atomic E-state index is 13.9. The first-order valence-corrected chi connectivity index (χ1v) is 14.8. The summed E-state index contributed by atoms with van der Waals surface area (Å²) in [7, 11) is -4.16. The molecule has 1 N–H and O–H groups in total. The van der Waals surface area contributed by atoms with Crippen LogP contribution in [0.15, 0.2) is 77.7 Å². The van der Waals surface area contributed by atoms with E-state index in [1.165, 1.54) is 29.2 Å². The topological polar surface area (TPSA) is 86.8 Å². The molecule has 0 unspecified atom stereocenters. The largest absolute Gasteiger partial charge is 0.352 e. The minimum absolute atomic E-state index is 0.00749. The van der Waals surface area contributed by atoms with Crippen LogP contribution in [0, 0.1) is 6.92 Å². The highest BCUT2D eigenvalue weighted by Gasteiger charge is 2.33. The molecule has 2 amide bonds. The summed E-state index contributed by atoms with van der Waals surface area (Å²) >= 11 is 12.2. The van der Waals surface area contributed by atoms with E-state index in [9.17, 15) is 18.0 Å². The molecule has 0 spiro atoms. The molecule has 0 aromatic heterocycles. The molecule has 0 heterocycles. The molecule has 0 radical (unpaired) electrons. The number of nitrogens with one attached hydrogen (secondary N) is 1. The van der Waals surface area contributed by atoms with Gasteiger partial charge in [0.1, 0.15) is 12.6 Å². The van der Waals surface area contributed by atoms with Gasteiger partial charge in [0.2, 0.25) is 11.8 Å². The van der Waals surface area contributed by atoms with Crippen LogP contribution in [-0.4, -0.2) is 43.8 Å². The Labute approximate surface area is 240 Å². The van der Waals surface area contributed by atoms with E-state index in [0.29, 0.717) is 26.9 Å². The van der Waals surface area contributed by atoms with E-state index in [1.54, 1.807) is 62.4 Å². The SMILES string of the molecule is CC[C@H](C)NC(=O)[C@@H](C)N(Cc1cccc(Cl)c1)C(=O)CN(c1ccccc1C)S(=O)(=O)c1ccc(Cl)cc1. The maximum atomic E-state index is 13.9. The van der Waals surface area contributed by atoms with Crippen molar-refractivity contribution < 1.29 is 18.0 Å². The molecular formula is C29H33Cl2N3O4S. The average molecular weight is 591 g/mol. The van der Waals surface area contributed by atoms with Crippen molar-refractivity contribution >= 4 is 50.7 Å². The maximum Gasteiger partial charge on any atom is 0.264 e. The number of benzene rings is 3. The van der Waals surface area contributed by atoms with Gasteiger partial charge in [-0.3, -0.25) is 13.9 Å². The van der Waals surface area contributed by atoms with Crippen molar-refractivity contribution in [3.05, 3.63) is 94.0 Å². The predicted octanol–water partition coefficient (Wildman–Crippen LogP) is 5.83. The van der Waals surface area contributed by atoms with Gasteiger partial charge in [0.15, 0.2) is 0 Å². The van der Waals surface area contributed by atoms with E-state index in [4.69, 9.17) is 23.2 Å². The number of hydrogen-bond donors (Lipinski definition) is 1. The van der Waals surface area contributed by atoms with Crippen LogP contribution in [0.5, 0.6) is 0 Å². The first-order valence-electron chi connectivity index (χ1n) is 12.6. The molecule has 0 bridgehead atoms. The smallest absolute Gasteiger partial charge is 0.264 e. The van der Waals surface area contributed by atoms with Gasteiger partial charge in [-0.15, -0.1) is 0 Å². The highest BCUT2D eigenvalue weighted by atomic mass is 35.5.